The minimum Gasteiger partial charge on any atom is -0.760 e. The lowest BCUT2D eigenvalue weighted by Gasteiger charge is -2.23. The van der Waals surface area contributed by atoms with Crippen molar-refractivity contribution >= 4 is 17.2 Å². The zero-order chi connectivity index (χ0) is 26.3. The molecule has 1 aliphatic heterocycles. The SMILES string of the molecule is Cc1cc([C@@H](NS(=O)[O-])c2ccccc2)ccc1Oc1ncccc1-c1ccnc(N[C@H]2CCCNC2)n1. The quantitative estimate of drug-likeness (QED) is 0.275. The lowest BCUT2D eigenvalue weighted by molar-refractivity contribution is 0.461. The van der Waals surface area contributed by atoms with E-state index in [-0.39, 0.29) is 6.04 Å². The molecule has 0 spiro atoms. The van der Waals surface area contributed by atoms with Gasteiger partial charge in [0, 0.05) is 36.2 Å². The Balaban J connectivity index is 1.39. The maximum atomic E-state index is 11.5. The molecule has 196 valence electrons. The van der Waals surface area contributed by atoms with Gasteiger partial charge in [-0.05, 0) is 67.3 Å². The molecule has 1 saturated heterocycles. The first-order chi connectivity index (χ1) is 18.6. The van der Waals surface area contributed by atoms with Crippen LogP contribution in [0.2, 0.25) is 0 Å². The first-order valence-electron chi connectivity index (χ1n) is 12.5. The zero-order valence-electron chi connectivity index (χ0n) is 21.0. The molecule has 2 aromatic carbocycles. The van der Waals surface area contributed by atoms with E-state index in [0.29, 0.717) is 23.3 Å². The van der Waals surface area contributed by atoms with Crippen molar-refractivity contribution in [1.82, 2.24) is 25.0 Å². The lowest BCUT2D eigenvalue weighted by Crippen LogP contribution is -2.38. The Morgan fingerprint density at radius 1 is 1.05 bits per heavy atom. The van der Waals surface area contributed by atoms with Crippen molar-refractivity contribution in [2.24, 2.45) is 0 Å². The van der Waals surface area contributed by atoms with Gasteiger partial charge in [0.05, 0.1) is 17.3 Å². The van der Waals surface area contributed by atoms with Gasteiger partial charge in [-0.25, -0.2) is 19.7 Å². The topological polar surface area (TPSA) is 124 Å². The summed E-state index contributed by atoms with van der Waals surface area (Å²) in [4.78, 5) is 13.6. The Bertz CT molecular complexity index is 1400. The molecule has 0 saturated carbocycles. The molecule has 38 heavy (non-hydrogen) atoms. The van der Waals surface area contributed by atoms with E-state index >= 15 is 0 Å². The van der Waals surface area contributed by atoms with Crippen molar-refractivity contribution < 1.29 is 13.5 Å². The highest BCUT2D eigenvalue weighted by Crippen LogP contribution is 2.34. The van der Waals surface area contributed by atoms with Gasteiger partial charge >= 0.3 is 0 Å². The van der Waals surface area contributed by atoms with Crippen LogP contribution < -0.4 is 20.1 Å². The number of ether oxygens (including phenoxy) is 1. The summed E-state index contributed by atoms with van der Waals surface area (Å²) in [6.45, 7) is 3.84. The van der Waals surface area contributed by atoms with Crippen molar-refractivity contribution in [3.8, 4) is 22.9 Å². The van der Waals surface area contributed by atoms with E-state index < -0.39 is 17.3 Å². The third-order valence-electron chi connectivity index (χ3n) is 6.42. The van der Waals surface area contributed by atoms with Crippen molar-refractivity contribution in [1.29, 1.82) is 0 Å². The molecule has 3 heterocycles. The summed E-state index contributed by atoms with van der Waals surface area (Å²) < 4.78 is 31.9. The van der Waals surface area contributed by atoms with E-state index in [1.54, 1.807) is 12.4 Å². The predicted molar refractivity (Wildman–Crippen MR) is 146 cm³/mol. The van der Waals surface area contributed by atoms with E-state index in [1.807, 2.05) is 73.7 Å². The summed E-state index contributed by atoms with van der Waals surface area (Å²) in [7, 11) is 0. The molecule has 3 N–H and O–H groups in total. The largest absolute Gasteiger partial charge is 0.760 e. The first kappa shape index (κ1) is 25.9. The number of nitrogens with one attached hydrogen (secondary N) is 3. The summed E-state index contributed by atoms with van der Waals surface area (Å²) in [5.41, 5.74) is 3.93. The minimum atomic E-state index is -2.43. The molecule has 1 fully saturated rings. The number of anilines is 1. The fraction of sp³-hybridized carbons (Fsp3) is 0.250. The number of rotatable bonds is 9. The van der Waals surface area contributed by atoms with Gasteiger partial charge in [-0.3, -0.25) is 4.21 Å². The maximum Gasteiger partial charge on any atom is 0.228 e. The fourth-order valence-electron chi connectivity index (χ4n) is 4.54. The predicted octanol–water partition coefficient (Wildman–Crippen LogP) is 4.28. The molecular weight excluding hydrogens is 500 g/mol. The summed E-state index contributed by atoms with van der Waals surface area (Å²) in [5.74, 6) is 1.61. The second kappa shape index (κ2) is 12.2. The number of pyridine rings is 1. The van der Waals surface area contributed by atoms with Gasteiger partial charge in [-0.15, -0.1) is 0 Å². The Labute approximate surface area is 224 Å². The second-order valence-electron chi connectivity index (χ2n) is 9.13. The number of nitrogens with zero attached hydrogens (tertiary/aromatic N) is 3. The minimum absolute atomic E-state index is 0.290. The van der Waals surface area contributed by atoms with Crippen molar-refractivity contribution in [3.05, 3.63) is 95.8 Å². The van der Waals surface area contributed by atoms with Crippen LogP contribution in [0, 0.1) is 6.92 Å². The molecule has 5 rings (SSSR count). The average molecular weight is 530 g/mol. The molecule has 1 aliphatic rings. The fourth-order valence-corrected chi connectivity index (χ4v) is 5.01. The molecule has 9 nitrogen and oxygen atoms in total. The Kier molecular flexibility index (Phi) is 8.34. The first-order valence-corrected chi connectivity index (χ1v) is 13.6. The third kappa shape index (κ3) is 6.40. The van der Waals surface area contributed by atoms with Crippen molar-refractivity contribution in [2.45, 2.75) is 31.8 Å². The number of aromatic nitrogens is 3. The van der Waals surface area contributed by atoms with E-state index in [4.69, 9.17) is 9.72 Å². The van der Waals surface area contributed by atoms with Crippen LogP contribution in [0.4, 0.5) is 5.95 Å². The number of piperidine rings is 1. The molecule has 0 aliphatic carbocycles. The van der Waals surface area contributed by atoms with Gasteiger partial charge in [0.2, 0.25) is 11.8 Å². The number of hydrogen-bond acceptors (Lipinski definition) is 8. The normalized spacial score (nSPS) is 16.9. The van der Waals surface area contributed by atoms with E-state index in [2.05, 4.69) is 25.3 Å². The summed E-state index contributed by atoms with van der Waals surface area (Å²) in [5, 5.41) is 6.81. The summed E-state index contributed by atoms with van der Waals surface area (Å²) >= 11 is -2.43. The van der Waals surface area contributed by atoms with Gasteiger partial charge in [-0.1, -0.05) is 42.5 Å². The maximum absolute atomic E-state index is 11.5. The van der Waals surface area contributed by atoms with Gasteiger partial charge in [0.1, 0.15) is 5.75 Å². The summed E-state index contributed by atoms with van der Waals surface area (Å²) in [6.07, 6.45) is 5.60. The highest BCUT2D eigenvalue weighted by Gasteiger charge is 2.18. The van der Waals surface area contributed by atoms with Gasteiger partial charge in [-0.2, -0.15) is 0 Å². The molecule has 4 aromatic rings. The smallest absolute Gasteiger partial charge is 0.228 e. The monoisotopic (exact) mass is 529 g/mol. The van der Waals surface area contributed by atoms with Crippen LogP contribution in [0.3, 0.4) is 0 Å². The highest BCUT2D eigenvalue weighted by molar-refractivity contribution is 7.77. The average Bonchev–Trinajstić information content (AvgIpc) is 2.94. The molecule has 2 aromatic heterocycles. The van der Waals surface area contributed by atoms with Gasteiger partial charge in [0.25, 0.3) is 0 Å². The Morgan fingerprint density at radius 3 is 2.68 bits per heavy atom. The third-order valence-corrected chi connectivity index (χ3v) is 6.85. The van der Waals surface area contributed by atoms with Crippen LogP contribution in [0.1, 0.15) is 35.6 Å². The molecular formula is C28H29N6O3S-. The van der Waals surface area contributed by atoms with Crippen molar-refractivity contribution in [3.63, 3.8) is 0 Å². The van der Waals surface area contributed by atoms with Gasteiger partial charge in [0.15, 0.2) is 0 Å². The van der Waals surface area contributed by atoms with Crippen LogP contribution in [-0.4, -0.2) is 42.8 Å². The molecule has 10 heteroatoms. The Hall–Kier alpha value is -3.70. The second-order valence-corrected chi connectivity index (χ2v) is 9.84. The standard InChI is InChI=1S/C28H30N6O3S/c1-19-17-21(26(34-38(35)36)20-7-3-2-4-8-20)11-12-25(19)37-27-23(10-6-15-30-27)24-13-16-31-28(33-24)32-22-9-5-14-29-18-22/h2-4,6-8,10-13,15-17,22,26,29,34H,5,9,14,18H2,1H3,(H,35,36)(H,31,32,33)/p-1/t22-,26-/m0/s1. The highest BCUT2D eigenvalue weighted by atomic mass is 32.2. The van der Waals surface area contributed by atoms with Crippen LogP contribution in [0.25, 0.3) is 11.3 Å². The zero-order valence-corrected chi connectivity index (χ0v) is 21.8. The number of hydrogen-bond donors (Lipinski definition) is 3. The molecule has 0 bridgehead atoms. The molecule has 1 unspecified atom stereocenters. The van der Waals surface area contributed by atoms with E-state index in [9.17, 15) is 8.76 Å². The van der Waals surface area contributed by atoms with E-state index in [1.165, 1.54) is 0 Å². The summed E-state index contributed by atoms with van der Waals surface area (Å²) in [6, 6.07) is 20.4. The van der Waals surface area contributed by atoms with Crippen LogP contribution in [-0.2, 0) is 11.3 Å². The van der Waals surface area contributed by atoms with Crippen LogP contribution in [0.5, 0.6) is 11.6 Å². The van der Waals surface area contributed by atoms with Crippen molar-refractivity contribution in [2.75, 3.05) is 18.4 Å². The molecule has 0 radical (unpaired) electrons. The molecule has 3 atom stereocenters. The molecule has 0 amide bonds. The van der Waals surface area contributed by atoms with Crippen LogP contribution in [0.15, 0.2) is 79.1 Å². The van der Waals surface area contributed by atoms with Gasteiger partial charge < -0.3 is 19.9 Å². The Morgan fingerprint density at radius 2 is 1.92 bits per heavy atom. The van der Waals surface area contributed by atoms with Crippen LogP contribution >= 0.6 is 0 Å². The van der Waals surface area contributed by atoms with E-state index in [0.717, 1.165) is 48.2 Å². The number of benzene rings is 2. The lowest BCUT2D eigenvalue weighted by atomic mass is 9.98. The number of aryl methyl sites for hydroxylation is 1.